The van der Waals surface area contributed by atoms with Crippen molar-refractivity contribution in [3.63, 3.8) is 0 Å². The minimum absolute atomic E-state index is 0.0847. The van der Waals surface area contributed by atoms with Crippen LogP contribution in [0.1, 0.15) is 47.5 Å². The van der Waals surface area contributed by atoms with E-state index in [1.807, 2.05) is 13.8 Å². The lowest BCUT2D eigenvalue weighted by Crippen LogP contribution is -2.44. The van der Waals surface area contributed by atoms with Gasteiger partial charge in [0, 0.05) is 6.61 Å². The van der Waals surface area contributed by atoms with Crippen LogP contribution in [0.15, 0.2) is 0 Å². The maximum atomic E-state index is 12.4. The summed E-state index contributed by atoms with van der Waals surface area (Å²) < 4.78 is 10.2. The normalized spacial score (nSPS) is 13.2. The molecule has 0 amide bonds. The molecule has 0 aliphatic carbocycles. The molecule has 0 heterocycles. The van der Waals surface area contributed by atoms with Crippen LogP contribution in [0.25, 0.3) is 0 Å². The molecular weight excluding hydrogens is 260 g/mol. The average molecular weight is 288 g/mol. The second-order valence-corrected chi connectivity index (χ2v) is 5.61. The number of rotatable bonds is 9. The molecular formula is C15H28O5. The van der Waals surface area contributed by atoms with Crippen LogP contribution in [0.3, 0.4) is 0 Å². The summed E-state index contributed by atoms with van der Waals surface area (Å²) in [7, 11) is 0. The molecule has 1 unspecified atom stereocenters. The van der Waals surface area contributed by atoms with E-state index in [-0.39, 0.29) is 38.1 Å². The molecule has 0 aromatic carbocycles. The highest BCUT2D eigenvalue weighted by Gasteiger charge is 2.49. The SMILES string of the molecule is CCOC(=O)C(CC(C)C)(CC(C)CO)C(=O)OCC. The number of esters is 2. The summed E-state index contributed by atoms with van der Waals surface area (Å²) in [5.74, 6) is -1.14. The fourth-order valence-corrected chi connectivity index (χ4v) is 2.39. The van der Waals surface area contributed by atoms with Crippen molar-refractivity contribution in [3.8, 4) is 0 Å². The average Bonchev–Trinajstić information content (AvgIpc) is 2.37. The molecule has 0 saturated heterocycles. The van der Waals surface area contributed by atoms with Crippen molar-refractivity contribution in [1.29, 1.82) is 0 Å². The molecule has 0 radical (unpaired) electrons. The number of aliphatic hydroxyl groups excluding tert-OH is 1. The van der Waals surface area contributed by atoms with Crippen molar-refractivity contribution >= 4 is 11.9 Å². The Labute approximate surface area is 121 Å². The van der Waals surface area contributed by atoms with E-state index in [0.29, 0.717) is 6.42 Å². The number of carbonyl (C=O) groups is 2. The van der Waals surface area contributed by atoms with E-state index in [4.69, 9.17) is 9.47 Å². The van der Waals surface area contributed by atoms with Crippen molar-refractivity contribution in [2.45, 2.75) is 47.5 Å². The van der Waals surface area contributed by atoms with Gasteiger partial charge in [0.05, 0.1) is 13.2 Å². The highest BCUT2D eigenvalue weighted by Crippen LogP contribution is 2.36. The lowest BCUT2D eigenvalue weighted by molar-refractivity contribution is -0.175. The highest BCUT2D eigenvalue weighted by molar-refractivity contribution is 6.00. The summed E-state index contributed by atoms with van der Waals surface area (Å²) in [6.45, 7) is 9.44. The number of ether oxygens (including phenoxy) is 2. The third kappa shape index (κ3) is 5.12. The molecule has 0 fully saturated rings. The Morgan fingerprint density at radius 3 is 1.75 bits per heavy atom. The van der Waals surface area contributed by atoms with Crippen LogP contribution in [0.5, 0.6) is 0 Å². The van der Waals surface area contributed by atoms with Gasteiger partial charge in [-0.1, -0.05) is 20.8 Å². The van der Waals surface area contributed by atoms with Crippen LogP contribution in [-0.2, 0) is 19.1 Å². The van der Waals surface area contributed by atoms with E-state index < -0.39 is 17.4 Å². The van der Waals surface area contributed by atoms with Crippen LogP contribution < -0.4 is 0 Å². The van der Waals surface area contributed by atoms with Crippen molar-refractivity contribution in [2.24, 2.45) is 17.3 Å². The highest BCUT2D eigenvalue weighted by atomic mass is 16.6. The first kappa shape index (κ1) is 18.9. The van der Waals surface area contributed by atoms with E-state index in [1.54, 1.807) is 20.8 Å². The quantitative estimate of drug-likeness (QED) is 0.520. The molecule has 1 N–H and O–H groups in total. The van der Waals surface area contributed by atoms with Gasteiger partial charge in [-0.25, -0.2) is 0 Å². The monoisotopic (exact) mass is 288 g/mol. The van der Waals surface area contributed by atoms with E-state index in [2.05, 4.69) is 0 Å². The smallest absolute Gasteiger partial charge is 0.323 e. The van der Waals surface area contributed by atoms with Gasteiger partial charge in [-0.05, 0) is 38.5 Å². The van der Waals surface area contributed by atoms with Gasteiger partial charge in [-0.2, -0.15) is 0 Å². The number of carbonyl (C=O) groups excluding carboxylic acids is 2. The van der Waals surface area contributed by atoms with Gasteiger partial charge in [-0.3, -0.25) is 9.59 Å². The zero-order valence-corrected chi connectivity index (χ0v) is 13.3. The predicted octanol–water partition coefficient (Wildman–Crippen LogP) is 2.16. The number of aliphatic hydroxyl groups is 1. The van der Waals surface area contributed by atoms with Crippen LogP contribution in [0, 0.1) is 17.3 Å². The van der Waals surface area contributed by atoms with Gasteiger partial charge in [0.1, 0.15) is 0 Å². The third-order valence-corrected chi connectivity index (χ3v) is 3.10. The Kier molecular flexibility index (Phi) is 8.46. The van der Waals surface area contributed by atoms with E-state index in [1.165, 1.54) is 0 Å². The third-order valence-electron chi connectivity index (χ3n) is 3.10. The summed E-state index contributed by atoms with van der Waals surface area (Å²) in [5, 5.41) is 9.25. The Hall–Kier alpha value is -1.10. The van der Waals surface area contributed by atoms with Gasteiger partial charge in [0.2, 0.25) is 0 Å². The number of hydrogen-bond donors (Lipinski definition) is 1. The zero-order valence-electron chi connectivity index (χ0n) is 13.3. The van der Waals surface area contributed by atoms with E-state index in [0.717, 1.165) is 0 Å². The van der Waals surface area contributed by atoms with Crippen molar-refractivity contribution in [2.75, 3.05) is 19.8 Å². The molecule has 0 aromatic heterocycles. The molecule has 5 nitrogen and oxygen atoms in total. The van der Waals surface area contributed by atoms with E-state index in [9.17, 15) is 14.7 Å². The molecule has 118 valence electrons. The fraction of sp³-hybridized carbons (Fsp3) is 0.867. The molecule has 5 heteroatoms. The lowest BCUT2D eigenvalue weighted by atomic mass is 9.74. The van der Waals surface area contributed by atoms with Crippen LogP contribution in [-0.4, -0.2) is 36.9 Å². The number of hydrogen-bond acceptors (Lipinski definition) is 5. The molecule has 0 aliphatic heterocycles. The minimum atomic E-state index is -1.32. The first-order valence-corrected chi connectivity index (χ1v) is 7.29. The molecule has 0 bridgehead atoms. The molecule has 1 atom stereocenters. The summed E-state index contributed by atoms with van der Waals surface area (Å²) in [5.41, 5.74) is -1.32. The van der Waals surface area contributed by atoms with Gasteiger partial charge in [-0.15, -0.1) is 0 Å². The largest absolute Gasteiger partial charge is 0.465 e. The molecule has 0 spiro atoms. The Balaban J connectivity index is 5.48. The van der Waals surface area contributed by atoms with Gasteiger partial charge in [0.25, 0.3) is 0 Å². The second-order valence-electron chi connectivity index (χ2n) is 5.61. The molecule has 20 heavy (non-hydrogen) atoms. The first-order valence-electron chi connectivity index (χ1n) is 7.29. The van der Waals surface area contributed by atoms with Crippen LogP contribution >= 0.6 is 0 Å². The molecule has 0 saturated carbocycles. The molecule has 0 aliphatic rings. The zero-order chi connectivity index (χ0) is 15.8. The Morgan fingerprint density at radius 2 is 1.45 bits per heavy atom. The van der Waals surface area contributed by atoms with Crippen LogP contribution in [0.4, 0.5) is 0 Å². The Bertz CT molecular complexity index is 293. The topological polar surface area (TPSA) is 72.8 Å². The Morgan fingerprint density at radius 1 is 1.00 bits per heavy atom. The first-order chi connectivity index (χ1) is 9.33. The maximum Gasteiger partial charge on any atom is 0.323 e. The van der Waals surface area contributed by atoms with Gasteiger partial charge < -0.3 is 14.6 Å². The summed E-state index contributed by atoms with van der Waals surface area (Å²) in [6, 6.07) is 0. The standard InChI is InChI=1S/C15H28O5/c1-6-19-13(17)15(8-11(3)4,9-12(5)10-16)14(18)20-7-2/h11-12,16H,6-10H2,1-5H3. The predicted molar refractivity (Wildman–Crippen MR) is 76.0 cm³/mol. The lowest BCUT2D eigenvalue weighted by Gasteiger charge is -2.32. The van der Waals surface area contributed by atoms with Crippen molar-refractivity contribution in [3.05, 3.63) is 0 Å². The molecule has 0 rings (SSSR count). The van der Waals surface area contributed by atoms with E-state index >= 15 is 0 Å². The fourth-order valence-electron chi connectivity index (χ4n) is 2.39. The summed E-state index contributed by atoms with van der Waals surface area (Å²) in [6.07, 6.45) is 0.592. The van der Waals surface area contributed by atoms with Crippen molar-refractivity contribution in [1.82, 2.24) is 0 Å². The van der Waals surface area contributed by atoms with Gasteiger partial charge in [0.15, 0.2) is 5.41 Å². The summed E-state index contributed by atoms with van der Waals surface area (Å²) in [4.78, 5) is 24.7. The minimum Gasteiger partial charge on any atom is -0.465 e. The molecule has 0 aromatic rings. The second kappa shape index (κ2) is 8.95. The maximum absolute atomic E-state index is 12.4. The van der Waals surface area contributed by atoms with Gasteiger partial charge >= 0.3 is 11.9 Å². The van der Waals surface area contributed by atoms with Crippen molar-refractivity contribution < 1.29 is 24.2 Å². The summed E-state index contributed by atoms with van der Waals surface area (Å²) >= 11 is 0. The van der Waals surface area contributed by atoms with Crippen LogP contribution in [0.2, 0.25) is 0 Å².